The number of anilines is 1. The lowest BCUT2D eigenvalue weighted by molar-refractivity contribution is 0.102. The molecule has 22 heavy (non-hydrogen) atoms. The minimum absolute atomic E-state index is 0.0957. The van der Waals surface area contributed by atoms with Crippen LogP contribution in [-0.2, 0) is 0 Å². The van der Waals surface area contributed by atoms with Crippen LogP contribution in [0.2, 0.25) is 0 Å². The molecule has 0 fully saturated rings. The van der Waals surface area contributed by atoms with Crippen molar-refractivity contribution in [3.63, 3.8) is 0 Å². The number of nitrogens with one attached hydrogen (secondary N) is 2. The monoisotopic (exact) mass is 313 g/mol. The number of amides is 1. The minimum Gasteiger partial charge on any atom is -0.322 e. The third-order valence-corrected chi connectivity index (χ3v) is 3.73. The number of benzene rings is 2. The second kappa shape index (κ2) is 7.94. The zero-order chi connectivity index (χ0) is 15.8. The minimum atomic E-state index is -0.160. The lowest BCUT2D eigenvalue weighted by Crippen LogP contribution is -2.11. The van der Waals surface area contributed by atoms with Gasteiger partial charge in [0.15, 0.2) is 5.84 Å². The number of para-hydroxylation sites is 1. The van der Waals surface area contributed by atoms with Gasteiger partial charge in [0.2, 0.25) is 0 Å². The number of carbonyl (C=O) groups excluding carboxylic acids is 1. The molecule has 0 atom stereocenters. The Balaban J connectivity index is 1.93. The predicted molar refractivity (Wildman–Crippen MR) is 88.3 cm³/mol. The van der Waals surface area contributed by atoms with E-state index in [1.165, 1.54) is 11.8 Å². The summed E-state index contributed by atoms with van der Waals surface area (Å²) in [7, 11) is 0. The fourth-order valence-electron chi connectivity index (χ4n) is 1.68. The third kappa shape index (κ3) is 4.71. The second-order valence-corrected chi connectivity index (χ2v) is 5.34. The van der Waals surface area contributed by atoms with E-state index in [0.717, 1.165) is 10.6 Å². The number of nitrogens with two attached hydrogens (primary N) is 1. The van der Waals surface area contributed by atoms with Crippen molar-refractivity contribution in [2.45, 2.75) is 4.90 Å². The van der Waals surface area contributed by atoms with Crippen LogP contribution < -0.4 is 11.2 Å². The van der Waals surface area contributed by atoms with Gasteiger partial charge < -0.3 is 11.2 Å². The molecule has 0 heterocycles. The highest BCUT2D eigenvalue weighted by atomic mass is 32.2. The summed E-state index contributed by atoms with van der Waals surface area (Å²) >= 11 is 1.43. The zero-order valence-corrected chi connectivity index (χ0v) is 12.5. The SMILES string of the molecule is N=C(CSc1ccc(C(=O)Nc2ccccc2)cc1)/N=N\N. The molecule has 0 aromatic heterocycles. The van der Waals surface area contributed by atoms with Crippen molar-refractivity contribution in [1.29, 1.82) is 5.41 Å². The molecule has 0 unspecified atom stereocenters. The Bertz CT molecular complexity index is 670. The summed E-state index contributed by atoms with van der Waals surface area (Å²) in [6.07, 6.45) is 0. The van der Waals surface area contributed by atoms with Crippen LogP contribution in [0.25, 0.3) is 0 Å². The van der Waals surface area contributed by atoms with Gasteiger partial charge in [-0.05, 0) is 36.4 Å². The van der Waals surface area contributed by atoms with Crippen molar-refractivity contribution in [3.05, 3.63) is 60.2 Å². The van der Waals surface area contributed by atoms with E-state index in [-0.39, 0.29) is 11.7 Å². The quantitative estimate of drug-likeness (QED) is 0.197. The smallest absolute Gasteiger partial charge is 0.255 e. The Kier molecular flexibility index (Phi) is 5.67. The number of hydrogen-bond acceptors (Lipinski definition) is 4. The van der Waals surface area contributed by atoms with E-state index in [2.05, 4.69) is 15.7 Å². The highest BCUT2D eigenvalue weighted by molar-refractivity contribution is 8.00. The largest absolute Gasteiger partial charge is 0.322 e. The van der Waals surface area contributed by atoms with Crippen LogP contribution in [0, 0.1) is 5.41 Å². The lowest BCUT2D eigenvalue weighted by Gasteiger charge is -2.06. The van der Waals surface area contributed by atoms with Gasteiger partial charge in [-0.15, -0.1) is 16.9 Å². The van der Waals surface area contributed by atoms with Crippen molar-refractivity contribution in [3.8, 4) is 0 Å². The van der Waals surface area contributed by atoms with Gasteiger partial charge >= 0.3 is 0 Å². The molecular weight excluding hydrogens is 298 g/mol. The summed E-state index contributed by atoms with van der Waals surface area (Å²) in [5, 5.41) is 16.8. The van der Waals surface area contributed by atoms with Gasteiger partial charge in [0.25, 0.3) is 5.91 Å². The summed E-state index contributed by atoms with van der Waals surface area (Å²) in [6.45, 7) is 0. The van der Waals surface area contributed by atoms with Gasteiger partial charge in [-0.25, -0.2) is 0 Å². The van der Waals surface area contributed by atoms with Crippen LogP contribution in [0.3, 0.4) is 0 Å². The standard InChI is InChI=1S/C15H15N5OS/c16-14(19-20-17)10-22-13-8-6-11(7-9-13)15(21)18-12-4-2-1-3-5-12/h1-9H,10H2,(H,18,21)(H3,16,17,19). The van der Waals surface area contributed by atoms with E-state index in [1.807, 2.05) is 42.5 Å². The summed E-state index contributed by atoms with van der Waals surface area (Å²) in [5.74, 6) is 5.19. The number of hydrogen-bond donors (Lipinski definition) is 3. The van der Waals surface area contributed by atoms with Crippen LogP contribution in [0.15, 0.2) is 69.8 Å². The van der Waals surface area contributed by atoms with Crippen molar-refractivity contribution in [1.82, 2.24) is 0 Å². The molecule has 0 bridgehead atoms. The first-order chi connectivity index (χ1) is 10.7. The highest BCUT2D eigenvalue weighted by Gasteiger charge is 2.06. The number of thioether (sulfide) groups is 1. The fraction of sp³-hybridized carbons (Fsp3) is 0.0667. The molecule has 112 valence electrons. The molecule has 2 aromatic carbocycles. The first-order valence-corrected chi connectivity index (χ1v) is 7.45. The molecule has 0 saturated carbocycles. The Morgan fingerprint density at radius 3 is 2.45 bits per heavy atom. The lowest BCUT2D eigenvalue weighted by atomic mass is 10.2. The van der Waals surface area contributed by atoms with Crippen LogP contribution in [-0.4, -0.2) is 17.5 Å². The Morgan fingerprint density at radius 2 is 1.82 bits per heavy atom. The molecule has 0 aliphatic rings. The van der Waals surface area contributed by atoms with Gasteiger partial charge in [-0.3, -0.25) is 10.2 Å². The highest BCUT2D eigenvalue weighted by Crippen LogP contribution is 2.19. The van der Waals surface area contributed by atoms with Gasteiger partial charge in [0.05, 0.1) is 5.75 Å². The fourth-order valence-corrected chi connectivity index (χ4v) is 2.37. The number of nitrogens with zero attached hydrogens (tertiary/aromatic N) is 2. The third-order valence-electron chi connectivity index (χ3n) is 2.70. The first kappa shape index (κ1) is 15.7. The molecule has 2 rings (SSSR count). The summed E-state index contributed by atoms with van der Waals surface area (Å²) < 4.78 is 0. The van der Waals surface area contributed by atoms with Gasteiger partial charge in [0.1, 0.15) is 0 Å². The maximum absolute atomic E-state index is 12.1. The molecule has 0 aliphatic heterocycles. The normalized spacial score (nSPS) is 10.5. The molecule has 7 heteroatoms. The Labute approximate surface area is 132 Å². The molecule has 2 aromatic rings. The van der Waals surface area contributed by atoms with E-state index >= 15 is 0 Å². The van der Waals surface area contributed by atoms with Gasteiger partial charge in [-0.2, -0.15) is 0 Å². The van der Waals surface area contributed by atoms with Gasteiger partial charge in [0, 0.05) is 16.1 Å². The van der Waals surface area contributed by atoms with E-state index < -0.39 is 0 Å². The summed E-state index contributed by atoms with van der Waals surface area (Å²) in [6, 6.07) is 16.4. The van der Waals surface area contributed by atoms with E-state index in [9.17, 15) is 4.79 Å². The van der Waals surface area contributed by atoms with Crippen LogP contribution in [0.5, 0.6) is 0 Å². The van der Waals surface area contributed by atoms with E-state index in [0.29, 0.717) is 11.3 Å². The molecule has 6 nitrogen and oxygen atoms in total. The zero-order valence-electron chi connectivity index (χ0n) is 11.7. The number of rotatable bonds is 5. The summed E-state index contributed by atoms with van der Waals surface area (Å²) in [5.41, 5.74) is 1.33. The number of amidine groups is 1. The summed E-state index contributed by atoms with van der Waals surface area (Å²) in [4.78, 5) is 13.0. The predicted octanol–water partition coefficient (Wildman–Crippen LogP) is 3.33. The molecule has 1 amide bonds. The second-order valence-electron chi connectivity index (χ2n) is 4.30. The number of carbonyl (C=O) groups is 1. The van der Waals surface area contributed by atoms with Crippen molar-refractivity contribution in [2.24, 2.45) is 16.2 Å². The van der Waals surface area contributed by atoms with Crippen molar-refractivity contribution < 1.29 is 4.79 Å². The maximum Gasteiger partial charge on any atom is 0.255 e. The molecule has 0 radical (unpaired) electrons. The molecule has 0 saturated heterocycles. The Hall–Kier alpha value is -2.67. The molecule has 4 N–H and O–H groups in total. The van der Waals surface area contributed by atoms with Gasteiger partial charge in [-0.1, -0.05) is 23.4 Å². The van der Waals surface area contributed by atoms with Crippen LogP contribution in [0.1, 0.15) is 10.4 Å². The molecule has 0 spiro atoms. The Morgan fingerprint density at radius 1 is 1.14 bits per heavy atom. The van der Waals surface area contributed by atoms with Crippen molar-refractivity contribution >= 4 is 29.2 Å². The van der Waals surface area contributed by atoms with Crippen molar-refractivity contribution in [2.75, 3.05) is 11.1 Å². The first-order valence-electron chi connectivity index (χ1n) is 6.46. The topological polar surface area (TPSA) is 104 Å². The van der Waals surface area contributed by atoms with E-state index in [4.69, 9.17) is 11.3 Å². The molecule has 0 aliphatic carbocycles. The average Bonchev–Trinajstić information content (AvgIpc) is 2.54. The van der Waals surface area contributed by atoms with E-state index in [1.54, 1.807) is 12.1 Å². The average molecular weight is 313 g/mol. The molecular formula is C15H15N5OS. The van der Waals surface area contributed by atoms with Crippen LogP contribution in [0.4, 0.5) is 5.69 Å². The maximum atomic E-state index is 12.1. The van der Waals surface area contributed by atoms with Crippen LogP contribution >= 0.6 is 11.8 Å².